The van der Waals surface area contributed by atoms with E-state index in [1.165, 1.54) is 19.3 Å². The lowest BCUT2D eigenvalue weighted by atomic mass is 9.67. The minimum atomic E-state index is -0.800. The van der Waals surface area contributed by atoms with Crippen molar-refractivity contribution < 1.29 is 5.11 Å². The highest BCUT2D eigenvalue weighted by molar-refractivity contribution is 5.25. The Kier molecular flexibility index (Phi) is 3.61. The average molecular weight is 233 g/mol. The molecule has 0 amide bonds. The molecule has 0 unspecified atom stereocenters. The largest absolute Gasteiger partial charge is 0.377 e. The Bertz CT molecular complexity index is 354. The summed E-state index contributed by atoms with van der Waals surface area (Å²) < 4.78 is 0. The summed E-state index contributed by atoms with van der Waals surface area (Å²) in [6.07, 6.45) is 7.14. The molecule has 94 valence electrons. The molecular formula is C15H23NO. The fourth-order valence-electron chi connectivity index (χ4n) is 3.55. The molecule has 1 aliphatic heterocycles. The van der Waals surface area contributed by atoms with Gasteiger partial charge in [0.05, 0.1) is 0 Å². The quantitative estimate of drug-likeness (QED) is 0.648. The van der Waals surface area contributed by atoms with E-state index in [4.69, 9.17) is 0 Å². The topological polar surface area (TPSA) is 23.5 Å². The lowest BCUT2D eigenvalue weighted by molar-refractivity contribution is -0.0913. The summed E-state index contributed by atoms with van der Waals surface area (Å²) in [5.41, 5.74) is -0.800. The van der Waals surface area contributed by atoms with Crippen LogP contribution in [0.5, 0.6) is 0 Å². The molecule has 0 aromatic rings. The van der Waals surface area contributed by atoms with Crippen molar-refractivity contribution in [1.82, 2.24) is 4.90 Å². The van der Waals surface area contributed by atoms with E-state index in [9.17, 15) is 5.11 Å². The van der Waals surface area contributed by atoms with Crippen LogP contribution in [-0.2, 0) is 0 Å². The van der Waals surface area contributed by atoms with Gasteiger partial charge in [0.1, 0.15) is 5.60 Å². The van der Waals surface area contributed by atoms with E-state index < -0.39 is 5.60 Å². The molecule has 2 heteroatoms. The number of rotatable bonds is 0. The molecule has 2 rings (SSSR count). The molecule has 1 aliphatic carbocycles. The molecule has 17 heavy (non-hydrogen) atoms. The third-order valence-electron chi connectivity index (χ3n) is 4.56. The monoisotopic (exact) mass is 233 g/mol. The number of hydrogen-bond donors (Lipinski definition) is 1. The van der Waals surface area contributed by atoms with Crippen LogP contribution in [0.25, 0.3) is 0 Å². The van der Waals surface area contributed by atoms with Crippen molar-refractivity contribution in [3.8, 4) is 11.8 Å². The summed E-state index contributed by atoms with van der Waals surface area (Å²) in [6.45, 7) is 5.80. The van der Waals surface area contributed by atoms with Gasteiger partial charge in [0, 0.05) is 24.4 Å². The van der Waals surface area contributed by atoms with E-state index in [0.717, 1.165) is 12.8 Å². The fourth-order valence-corrected chi connectivity index (χ4v) is 3.55. The lowest BCUT2D eigenvalue weighted by Crippen LogP contribution is -2.60. The van der Waals surface area contributed by atoms with Crippen LogP contribution in [0.15, 0.2) is 12.7 Å². The molecule has 0 bridgehead atoms. The Hall–Kier alpha value is -0.780. The minimum Gasteiger partial charge on any atom is -0.377 e. The number of piperidine rings is 1. The van der Waals surface area contributed by atoms with Crippen LogP contribution in [0.3, 0.4) is 0 Å². The molecule has 4 atom stereocenters. The number of fused-ring (bicyclic) bond motifs is 1. The van der Waals surface area contributed by atoms with Gasteiger partial charge in [0.2, 0.25) is 0 Å². The first-order valence-corrected chi connectivity index (χ1v) is 6.66. The standard InChI is InChI=1S/C15H23NO/c1-4-5-10-15(17)11-12(2)16(3)14-9-7-6-8-13(14)15/h4,12-14,17H,1,6-9,11H2,2-3H3/t12-,13+,14+,15-/m1/s1. The van der Waals surface area contributed by atoms with Crippen LogP contribution in [0.4, 0.5) is 0 Å². The zero-order valence-corrected chi connectivity index (χ0v) is 10.9. The highest BCUT2D eigenvalue weighted by Crippen LogP contribution is 2.42. The van der Waals surface area contributed by atoms with Crippen molar-refractivity contribution in [3.63, 3.8) is 0 Å². The molecule has 0 radical (unpaired) electrons. The maximum Gasteiger partial charge on any atom is 0.131 e. The molecule has 0 aromatic heterocycles. The van der Waals surface area contributed by atoms with Gasteiger partial charge in [-0.2, -0.15) is 0 Å². The van der Waals surface area contributed by atoms with E-state index in [-0.39, 0.29) is 0 Å². The molecular weight excluding hydrogens is 210 g/mol. The summed E-state index contributed by atoms with van der Waals surface area (Å²) in [7, 11) is 2.19. The van der Waals surface area contributed by atoms with Gasteiger partial charge in [-0.05, 0) is 32.9 Å². The highest BCUT2D eigenvalue weighted by atomic mass is 16.3. The SMILES string of the molecule is C=CC#C[C@@]1(O)C[C@@H](C)N(C)[C@H]2CCCC[C@@H]21. The van der Waals surface area contributed by atoms with Crippen molar-refractivity contribution in [1.29, 1.82) is 0 Å². The van der Waals surface area contributed by atoms with Crippen LogP contribution >= 0.6 is 0 Å². The van der Waals surface area contributed by atoms with Gasteiger partial charge in [-0.15, -0.1) is 0 Å². The highest BCUT2D eigenvalue weighted by Gasteiger charge is 2.48. The smallest absolute Gasteiger partial charge is 0.131 e. The van der Waals surface area contributed by atoms with Crippen LogP contribution in [0, 0.1) is 17.8 Å². The van der Waals surface area contributed by atoms with Crippen LogP contribution < -0.4 is 0 Å². The van der Waals surface area contributed by atoms with Crippen molar-refractivity contribution in [2.24, 2.45) is 5.92 Å². The Labute approximate surface area is 105 Å². The molecule has 0 spiro atoms. The number of allylic oxidation sites excluding steroid dienone is 1. The first-order valence-electron chi connectivity index (χ1n) is 6.66. The van der Waals surface area contributed by atoms with Crippen LogP contribution in [0.2, 0.25) is 0 Å². The summed E-state index contributed by atoms with van der Waals surface area (Å²) in [5, 5.41) is 10.8. The third-order valence-corrected chi connectivity index (χ3v) is 4.56. The third kappa shape index (κ3) is 2.27. The molecule has 1 N–H and O–H groups in total. The summed E-state index contributed by atoms with van der Waals surface area (Å²) in [4.78, 5) is 2.44. The van der Waals surface area contributed by atoms with Crippen molar-refractivity contribution in [3.05, 3.63) is 12.7 Å². The Morgan fingerprint density at radius 2 is 2.12 bits per heavy atom. The van der Waals surface area contributed by atoms with Gasteiger partial charge in [0.25, 0.3) is 0 Å². The van der Waals surface area contributed by atoms with Gasteiger partial charge >= 0.3 is 0 Å². The van der Waals surface area contributed by atoms with Gasteiger partial charge in [-0.25, -0.2) is 0 Å². The summed E-state index contributed by atoms with van der Waals surface area (Å²) in [5.74, 6) is 6.24. The summed E-state index contributed by atoms with van der Waals surface area (Å²) in [6, 6.07) is 0.898. The van der Waals surface area contributed by atoms with Gasteiger partial charge in [-0.1, -0.05) is 31.3 Å². The zero-order valence-electron chi connectivity index (χ0n) is 10.9. The van der Waals surface area contributed by atoms with Gasteiger partial charge < -0.3 is 10.0 Å². The zero-order chi connectivity index (χ0) is 12.5. The second kappa shape index (κ2) is 4.84. The van der Waals surface area contributed by atoms with Crippen molar-refractivity contribution >= 4 is 0 Å². The Balaban J connectivity index is 2.29. The first-order chi connectivity index (χ1) is 8.08. The Morgan fingerprint density at radius 3 is 2.82 bits per heavy atom. The van der Waals surface area contributed by atoms with E-state index in [1.807, 2.05) is 0 Å². The maximum absolute atomic E-state index is 10.8. The second-order valence-electron chi connectivity index (χ2n) is 5.57. The van der Waals surface area contributed by atoms with Crippen LogP contribution in [0.1, 0.15) is 39.0 Å². The van der Waals surface area contributed by atoms with E-state index >= 15 is 0 Å². The van der Waals surface area contributed by atoms with E-state index in [1.54, 1.807) is 6.08 Å². The molecule has 2 nitrogen and oxygen atoms in total. The first kappa shape index (κ1) is 12.7. The molecule has 1 heterocycles. The van der Waals surface area contributed by atoms with Gasteiger partial charge in [0.15, 0.2) is 0 Å². The normalized spacial score (nSPS) is 42.2. The predicted molar refractivity (Wildman–Crippen MR) is 70.5 cm³/mol. The second-order valence-corrected chi connectivity index (χ2v) is 5.57. The lowest BCUT2D eigenvalue weighted by Gasteiger charge is -2.52. The molecule has 2 aliphatic rings. The van der Waals surface area contributed by atoms with E-state index in [0.29, 0.717) is 18.0 Å². The van der Waals surface area contributed by atoms with Crippen LogP contribution in [-0.4, -0.2) is 34.7 Å². The number of nitrogens with zero attached hydrogens (tertiary/aromatic N) is 1. The van der Waals surface area contributed by atoms with Gasteiger partial charge in [-0.3, -0.25) is 0 Å². The molecule has 2 fully saturated rings. The maximum atomic E-state index is 10.8. The van der Waals surface area contributed by atoms with Crippen molar-refractivity contribution in [2.45, 2.75) is 56.7 Å². The fraction of sp³-hybridized carbons (Fsp3) is 0.733. The molecule has 1 saturated heterocycles. The number of likely N-dealkylation sites (tertiary alicyclic amines) is 1. The minimum absolute atomic E-state index is 0.310. The Morgan fingerprint density at radius 1 is 1.41 bits per heavy atom. The average Bonchev–Trinajstić information content (AvgIpc) is 2.34. The summed E-state index contributed by atoms with van der Waals surface area (Å²) >= 11 is 0. The number of aliphatic hydroxyl groups is 1. The van der Waals surface area contributed by atoms with E-state index in [2.05, 4.69) is 37.3 Å². The molecule has 1 saturated carbocycles. The van der Waals surface area contributed by atoms with Crippen molar-refractivity contribution in [2.75, 3.05) is 7.05 Å². The molecule has 0 aromatic carbocycles. The number of hydrogen-bond acceptors (Lipinski definition) is 2. The predicted octanol–water partition coefficient (Wildman–Crippen LogP) is 2.19.